The summed E-state index contributed by atoms with van der Waals surface area (Å²) in [6, 6.07) is 64.1. The third-order valence-corrected chi connectivity index (χ3v) is 11.2. The minimum Gasteiger partial charge on any atom is -0.457 e. The number of furan rings is 1. The smallest absolute Gasteiger partial charge is 0.143 e. The predicted molar refractivity (Wildman–Crippen MR) is 216 cm³/mol. The number of ether oxygens (including phenoxy) is 1. The normalized spacial score (nSPS) is 13.3. The first kappa shape index (κ1) is 30.1. The molecule has 3 nitrogen and oxygen atoms in total. The van der Waals surface area contributed by atoms with E-state index in [-0.39, 0.29) is 0 Å². The van der Waals surface area contributed by atoms with E-state index >= 15 is 0 Å². The Morgan fingerprint density at radius 3 is 1.79 bits per heavy atom. The van der Waals surface area contributed by atoms with Gasteiger partial charge in [-0.3, -0.25) is 0 Å². The lowest BCUT2D eigenvalue weighted by Gasteiger charge is -2.39. The second-order valence-electron chi connectivity index (χ2n) is 13.8. The summed E-state index contributed by atoms with van der Waals surface area (Å²) in [5.74, 6) is 1.73. The molecule has 0 saturated heterocycles. The number of para-hydroxylation sites is 4. The van der Waals surface area contributed by atoms with E-state index in [0.717, 1.165) is 83.9 Å². The Bertz CT molecular complexity index is 2850. The van der Waals surface area contributed by atoms with E-state index in [1.165, 1.54) is 11.1 Å². The Hall–Kier alpha value is -6.55. The molecule has 8 aromatic carbocycles. The van der Waals surface area contributed by atoms with Gasteiger partial charge in [0, 0.05) is 49.5 Å². The van der Waals surface area contributed by atoms with Crippen molar-refractivity contribution in [2.75, 3.05) is 4.90 Å². The van der Waals surface area contributed by atoms with Gasteiger partial charge in [-0.2, -0.15) is 0 Å². The summed E-state index contributed by atoms with van der Waals surface area (Å²) in [6.07, 6.45) is 0. The number of halogens is 1. The first-order valence-corrected chi connectivity index (χ1v) is 18.2. The van der Waals surface area contributed by atoms with Gasteiger partial charge in [-0.05, 0) is 94.5 Å². The second-order valence-corrected chi connectivity index (χ2v) is 14.2. The van der Waals surface area contributed by atoms with Crippen LogP contribution >= 0.6 is 11.6 Å². The van der Waals surface area contributed by atoms with Gasteiger partial charge in [-0.1, -0.05) is 127 Å². The fourth-order valence-electron chi connectivity index (χ4n) is 8.80. The van der Waals surface area contributed by atoms with Gasteiger partial charge in [0.1, 0.15) is 22.7 Å². The number of anilines is 3. The minimum atomic E-state index is -0.577. The molecule has 0 N–H and O–H groups in total. The number of fused-ring (bicyclic) bond motifs is 12. The van der Waals surface area contributed by atoms with Crippen LogP contribution in [0.4, 0.5) is 17.1 Å². The van der Waals surface area contributed by atoms with Crippen LogP contribution in [0.1, 0.15) is 22.3 Å². The fourth-order valence-corrected chi connectivity index (χ4v) is 8.98. The molecule has 0 bridgehead atoms. The van der Waals surface area contributed by atoms with Gasteiger partial charge in [0.05, 0.1) is 5.41 Å². The van der Waals surface area contributed by atoms with E-state index in [2.05, 4.69) is 157 Å². The summed E-state index contributed by atoms with van der Waals surface area (Å²) in [7, 11) is 0. The minimum absolute atomic E-state index is 0.577. The molecule has 0 radical (unpaired) electrons. The van der Waals surface area contributed by atoms with E-state index in [1.54, 1.807) is 0 Å². The zero-order valence-corrected chi connectivity index (χ0v) is 29.2. The topological polar surface area (TPSA) is 25.6 Å². The van der Waals surface area contributed by atoms with Crippen molar-refractivity contribution in [2.24, 2.45) is 0 Å². The molecule has 250 valence electrons. The number of hydrogen-bond donors (Lipinski definition) is 0. The van der Waals surface area contributed by atoms with Crippen molar-refractivity contribution in [1.29, 1.82) is 0 Å². The Kier molecular flexibility index (Phi) is 6.52. The quantitative estimate of drug-likeness (QED) is 0.183. The number of nitrogens with zero attached hydrogens (tertiary/aromatic N) is 1. The van der Waals surface area contributed by atoms with Crippen molar-refractivity contribution in [2.45, 2.75) is 5.41 Å². The van der Waals surface area contributed by atoms with Crippen molar-refractivity contribution in [3.63, 3.8) is 0 Å². The van der Waals surface area contributed by atoms with Crippen LogP contribution in [0.25, 0.3) is 44.2 Å². The Morgan fingerprint density at radius 2 is 1.04 bits per heavy atom. The van der Waals surface area contributed by atoms with Gasteiger partial charge in [-0.25, -0.2) is 0 Å². The molecule has 2 aliphatic rings. The SMILES string of the molecule is Clc1ccc2c(c1)-c1cc(N(c3ccccc3)c3cc(-c4ccccc4)c4oc5ccccc5c4c3)ccc1C21c2ccccc2Oc2ccccc21. The van der Waals surface area contributed by atoms with Crippen molar-refractivity contribution < 1.29 is 9.15 Å². The molecular formula is C49H30ClNO2. The molecule has 0 fully saturated rings. The summed E-state index contributed by atoms with van der Waals surface area (Å²) in [5.41, 5.74) is 13.4. The largest absolute Gasteiger partial charge is 0.457 e. The van der Waals surface area contributed by atoms with Gasteiger partial charge in [0.15, 0.2) is 0 Å². The molecule has 9 aromatic rings. The molecule has 2 heterocycles. The molecule has 0 amide bonds. The molecule has 53 heavy (non-hydrogen) atoms. The van der Waals surface area contributed by atoms with E-state index in [9.17, 15) is 0 Å². The maximum atomic E-state index is 6.84. The highest BCUT2D eigenvalue weighted by Gasteiger charge is 2.51. The average Bonchev–Trinajstić information content (AvgIpc) is 3.72. The maximum absolute atomic E-state index is 6.84. The Morgan fingerprint density at radius 1 is 0.434 bits per heavy atom. The summed E-state index contributed by atoms with van der Waals surface area (Å²) in [5, 5.41) is 2.87. The van der Waals surface area contributed by atoms with E-state index in [0.29, 0.717) is 5.02 Å². The van der Waals surface area contributed by atoms with Crippen LogP contribution in [0, 0.1) is 0 Å². The van der Waals surface area contributed by atoms with Crippen LogP contribution < -0.4 is 9.64 Å². The molecular weight excluding hydrogens is 670 g/mol. The molecule has 11 rings (SSSR count). The molecule has 1 aromatic heterocycles. The summed E-state index contributed by atoms with van der Waals surface area (Å²) in [6.45, 7) is 0. The van der Waals surface area contributed by atoms with E-state index in [1.807, 2.05) is 30.3 Å². The van der Waals surface area contributed by atoms with Crippen molar-refractivity contribution in [3.05, 3.63) is 209 Å². The van der Waals surface area contributed by atoms with Crippen molar-refractivity contribution in [3.8, 4) is 33.8 Å². The van der Waals surface area contributed by atoms with E-state index < -0.39 is 5.41 Å². The third-order valence-electron chi connectivity index (χ3n) is 11.0. The highest BCUT2D eigenvalue weighted by atomic mass is 35.5. The van der Waals surface area contributed by atoms with Crippen LogP contribution in [-0.4, -0.2) is 0 Å². The fraction of sp³-hybridized carbons (Fsp3) is 0.0204. The molecule has 0 unspecified atom stereocenters. The molecule has 1 spiro atoms. The zero-order chi connectivity index (χ0) is 35.1. The molecule has 0 saturated carbocycles. The van der Waals surface area contributed by atoms with Gasteiger partial charge in [0.2, 0.25) is 0 Å². The second kappa shape index (κ2) is 11.5. The third kappa shape index (κ3) is 4.35. The van der Waals surface area contributed by atoms with E-state index in [4.69, 9.17) is 20.8 Å². The lowest BCUT2D eigenvalue weighted by molar-refractivity contribution is 0.436. The lowest BCUT2D eigenvalue weighted by atomic mass is 9.66. The molecule has 0 atom stereocenters. The number of benzene rings is 8. The van der Waals surface area contributed by atoms with Crippen molar-refractivity contribution >= 4 is 50.6 Å². The standard InChI is InChI=1S/C49H30ClNO2/c50-32-23-25-41-38(27-32)39-28-34(24-26-42(39)49(41)43-18-8-11-21-46(43)52-47-22-12-9-19-44(47)49)51(33-15-5-2-6-16-33)35-29-37(31-13-3-1-4-14-31)48-40(30-35)36-17-7-10-20-45(36)53-48/h1-30H. The predicted octanol–water partition coefficient (Wildman–Crippen LogP) is 13.8. The zero-order valence-electron chi connectivity index (χ0n) is 28.5. The van der Waals surface area contributed by atoms with Crippen LogP contribution in [0.15, 0.2) is 186 Å². The van der Waals surface area contributed by atoms with Gasteiger partial charge >= 0.3 is 0 Å². The highest BCUT2D eigenvalue weighted by Crippen LogP contribution is 2.63. The Balaban J connectivity index is 1.20. The lowest BCUT2D eigenvalue weighted by Crippen LogP contribution is -2.32. The average molecular weight is 700 g/mol. The van der Waals surface area contributed by atoms with Gasteiger partial charge < -0.3 is 14.1 Å². The van der Waals surface area contributed by atoms with Crippen LogP contribution in [0.3, 0.4) is 0 Å². The Labute approximate surface area is 311 Å². The van der Waals surface area contributed by atoms with Crippen LogP contribution in [0.5, 0.6) is 11.5 Å². The van der Waals surface area contributed by atoms with Crippen LogP contribution in [0.2, 0.25) is 5.02 Å². The first-order valence-electron chi connectivity index (χ1n) is 17.9. The first-order chi connectivity index (χ1) is 26.2. The maximum Gasteiger partial charge on any atom is 0.143 e. The number of rotatable bonds is 4. The molecule has 1 aliphatic carbocycles. The summed E-state index contributed by atoms with van der Waals surface area (Å²) in [4.78, 5) is 2.36. The monoisotopic (exact) mass is 699 g/mol. The molecule has 4 heteroatoms. The summed E-state index contributed by atoms with van der Waals surface area (Å²) < 4.78 is 13.1. The highest BCUT2D eigenvalue weighted by molar-refractivity contribution is 6.31. The van der Waals surface area contributed by atoms with Gasteiger partial charge in [-0.15, -0.1) is 0 Å². The van der Waals surface area contributed by atoms with Gasteiger partial charge in [0.25, 0.3) is 0 Å². The summed E-state index contributed by atoms with van der Waals surface area (Å²) >= 11 is 6.84. The van der Waals surface area contributed by atoms with Crippen molar-refractivity contribution in [1.82, 2.24) is 0 Å². The van der Waals surface area contributed by atoms with Crippen LogP contribution in [-0.2, 0) is 5.41 Å². The molecule has 1 aliphatic heterocycles. The number of hydrogen-bond acceptors (Lipinski definition) is 3.